The molecule has 90 valence electrons. The normalized spacial score (nSPS) is 12.8. The summed E-state index contributed by atoms with van der Waals surface area (Å²) in [4.78, 5) is 0. The van der Waals surface area contributed by atoms with Crippen molar-refractivity contribution in [3.8, 4) is 0 Å². The van der Waals surface area contributed by atoms with Crippen molar-refractivity contribution in [2.45, 2.75) is 11.9 Å². The van der Waals surface area contributed by atoms with Crippen LogP contribution in [0.15, 0.2) is 18.2 Å². The fraction of sp³-hybridized carbons (Fsp3) is 0.455. The number of methoxy groups -OCH3 is 1. The minimum absolute atomic E-state index is 0.150. The van der Waals surface area contributed by atoms with Crippen LogP contribution in [0, 0.1) is 11.6 Å². The Kier molecular flexibility index (Phi) is 5.66. The van der Waals surface area contributed by atoms with Gasteiger partial charge in [-0.3, -0.25) is 0 Å². The van der Waals surface area contributed by atoms with E-state index in [4.69, 9.17) is 16.3 Å². The van der Waals surface area contributed by atoms with Crippen molar-refractivity contribution in [2.24, 2.45) is 0 Å². The highest BCUT2D eigenvalue weighted by Gasteiger charge is 2.04. The highest BCUT2D eigenvalue weighted by Crippen LogP contribution is 2.07. The monoisotopic (exact) mass is 249 g/mol. The molecule has 16 heavy (non-hydrogen) atoms. The largest absolute Gasteiger partial charge is 0.383 e. The van der Waals surface area contributed by atoms with Crippen molar-refractivity contribution in [3.63, 3.8) is 0 Å². The van der Waals surface area contributed by atoms with Gasteiger partial charge in [-0.1, -0.05) is 0 Å². The zero-order valence-corrected chi connectivity index (χ0v) is 9.73. The molecule has 0 aliphatic heterocycles. The van der Waals surface area contributed by atoms with Crippen LogP contribution in [0.2, 0.25) is 0 Å². The van der Waals surface area contributed by atoms with Gasteiger partial charge in [-0.15, -0.1) is 11.6 Å². The summed E-state index contributed by atoms with van der Waals surface area (Å²) < 4.78 is 30.5. The summed E-state index contributed by atoms with van der Waals surface area (Å²) >= 11 is 5.87. The second-order valence-corrected chi connectivity index (χ2v) is 4.08. The first-order chi connectivity index (χ1) is 7.61. The lowest BCUT2D eigenvalue weighted by Gasteiger charge is -2.09. The third kappa shape index (κ3) is 4.88. The van der Waals surface area contributed by atoms with Gasteiger partial charge in [0.2, 0.25) is 0 Å². The van der Waals surface area contributed by atoms with E-state index < -0.39 is 11.6 Å². The van der Waals surface area contributed by atoms with Crippen LogP contribution >= 0.6 is 11.6 Å². The van der Waals surface area contributed by atoms with Crippen LogP contribution in [0.4, 0.5) is 8.78 Å². The predicted molar refractivity (Wildman–Crippen MR) is 59.6 cm³/mol. The lowest BCUT2D eigenvalue weighted by molar-refractivity contribution is 0.197. The maximum absolute atomic E-state index is 12.8. The Balaban J connectivity index is 2.37. The van der Waals surface area contributed by atoms with Crippen LogP contribution in [0.1, 0.15) is 5.56 Å². The van der Waals surface area contributed by atoms with Crippen molar-refractivity contribution in [2.75, 3.05) is 20.3 Å². The van der Waals surface area contributed by atoms with Crippen molar-refractivity contribution in [1.29, 1.82) is 0 Å². The van der Waals surface area contributed by atoms with Gasteiger partial charge in [0.15, 0.2) is 0 Å². The van der Waals surface area contributed by atoms with E-state index >= 15 is 0 Å². The fourth-order valence-electron chi connectivity index (χ4n) is 1.33. The van der Waals surface area contributed by atoms with Crippen LogP contribution in [-0.4, -0.2) is 25.6 Å². The van der Waals surface area contributed by atoms with Gasteiger partial charge in [0.1, 0.15) is 11.6 Å². The van der Waals surface area contributed by atoms with Crippen LogP contribution in [0.5, 0.6) is 0 Å². The Hall–Kier alpha value is -0.710. The summed E-state index contributed by atoms with van der Waals surface area (Å²) in [5.74, 6) is -1.15. The van der Waals surface area contributed by atoms with Crippen LogP contribution < -0.4 is 5.32 Å². The maximum Gasteiger partial charge on any atom is 0.126 e. The molecular formula is C11H14ClF2NO. The van der Waals surface area contributed by atoms with E-state index in [1.807, 2.05) is 0 Å². The molecule has 0 aliphatic rings. The van der Waals surface area contributed by atoms with Gasteiger partial charge in [0, 0.05) is 26.3 Å². The molecule has 0 aliphatic carbocycles. The summed E-state index contributed by atoms with van der Waals surface area (Å²) in [7, 11) is 1.57. The average molecular weight is 250 g/mol. The first kappa shape index (κ1) is 13.4. The van der Waals surface area contributed by atoms with Crippen LogP contribution in [-0.2, 0) is 11.3 Å². The van der Waals surface area contributed by atoms with Gasteiger partial charge in [-0.25, -0.2) is 8.78 Å². The van der Waals surface area contributed by atoms with E-state index in [0.717, 1.165) is 6.07 Å². The molecule has 0 radical (unpaired) electrons. The van der Waals surface area contributed by atoms with Crippen LogP contribution in [0.25, 0.3) is 0 Å². The number of hydrogen-bond acceptors (Lipinski definition) is 2. The standard InChI is InChI=1S/C11H14ClF2NO/c1-16-7-9(12)6-15-5-8-2-10(13)4-11(14)3-8/h2-4,9,15H,5-7H2,1H3. The number of hydrogen-bond donors (Lipinski definition) is 1. The van der Waals surface area contributed by atoms with E-state index in [0.29, 0.717) is 25.3 Å². The minimum atomic E-state index is -0.573. The van der Waals surface area contributed by atoms with Crippen molar-refractivity contribution < 1.29 is 13.5 Å². The van der Waals surface area contributed by atoms with Gasteiger partial charge in [-0.05, 0) is 17.7 Å². The highest BCUT2D eigenvalue weighted by molar-refractivity contribution is 6.20. The highest BCUT2D eigenvalue weighted by atomic mass is 35.5. The predicted octanol–water partition coefficient (Wildman–Crippen LogP) is 2.31. The van der Waals surface area contributed by atoms with E-state index in [9.17, 15) is 8.78 Å². The lowest BCUT2D eigenvalue weighted by atomic mass is 10.2. The second-order valence-electron chi connectivity index (χ2n) is 3.46. The Morgan fingerprint density at radius 2 is 1.94 bits per heavy atom. The van der Waals surface area contributed by atoms with Crippen molar-refractivity contribution >= 4 is 11.6 Å². The lowest BCUT2D eigenvalue weighted by Crippen LogP contribution is -2.25. The summed E-state index contributed by atoms with van der Waals surface area (Å²) in [5, 5.41) is 2.85. The molecule has 0 fully saturated rings. The number of nitrogens with one attached hydrogen (secondary N) is 1. The van der Waals surface area contributed by atoms with Gasteiger partial charge < -0.3 is 10.1 Å². The van der Waals surface area contributed by atoms with E-state index in [2.05, 4.69) is 5.32 Å². The van der Waals surface area contributed by atoms with Crippen molar-refractivity contribution in [1.82, 2.24) is 5.32 Å². The molecule has 1 rings (SSSR count). The van der Waals surface area contributed by atoms with E-state index in [1.54, 1.807) is 7.11 Å². The summed E-state index contributed by atoms with van der Waals surface area (Å²) in [6.07, 6.45) is 0. The molecule has 0 saturated heterocycles. The Labute approximate surface area is 98.6 Å². The summed E-state index contributed by atoms with van der Waals surface area (Å²) in [6, 6.07) is 3.42. The molecule has 0 spiro atoms. The van der Waals surface area contributed by atoms with Gasteiger partial charge in [0.25, 0.3) is 0 Å². The molecule has 0 heterocycles. The molecule has 1 aromatic rings. The quantitative estimate of drug-likeness (QED) is 0.782. The topological polar surface area (TPSA) is 21.3 Å². The molecule has 1 unspecified atom stereocenters. The first-order valence-electron chi connectivity index (χ1n) is 4.90. The molecule has 0 saturated carbocycles. The van der Waals surface area contributed by atoms with Gasteiger partial charge in [0.05, 0.1) is 12.0 Å². The zero-order valence-electron chi connectivity index (χ0n) is 8.97. The van der Waals surface area contributed by atoms with Crippen LogP contribution in [0.3, 0.4) is 0 Å². The Bertz CT molecular complexity index is 316. The third-order valence-corrected chi connectivity index (χ3v) is 2.25. The van der Waals surface area contributed by atoms with Gasteiger partial charge >= 0.3 is 0 Å². The zero-order chi connectivity index (χ0) is 12.0. The molecule has 1 N–H and O–H groups in total. The number of alkyl halides is 1. The smallest absolute Gasteiger partial charge is 0.126 e. The Morgan fingerprint density at radius 1 is 1.31 bits per heavy atom. The van der Waals surface area contributed by atoms with Gasteiger partial charge in [-0.2, -0.15) is 0 Å². The third-order valence-electron chi connectivity index (χ3n) is 1.96. The number of benzene rings is 1. The molecule has 1 aromatic carbocycles. The SMILES string of the molecule is COCC(Cl)CNCc1cc(F)cc(F)c1. The fourth-order valence-corrected chi connectivity index (χ4v) is 1.56. The Morgan fingerprint density at radius 3 is 2.50 bits per heavy atom. The van der Waals surface area contributed by atoms with Crippen molar-refractivity contribution in [3.05, 3.63) is 35.4 Å². The molecule has 2 nitrogen and oxygen atoms in total. The maximum atomic E-state index is 12.8. The summed E-state index contributed by atoms with van der Waals surface area (Å²) in [5.41, 5.74) is 0.554. The number of halogens is 3. The molecular weight excluding hydrogens is 236 g/mol. The molecule has 0 aromatic heterocycles. The number of ether oxygens (including phenoxy) is 1. The second kappa shape index (κ2) is 6.78. The molecule has 0 amide bonds. The molecule has 5 heteroatoms. The molecule has 1 atom stereocenters. The van der Waals surface area contributed by atoms with E-state index in [-0.39, 0.29) is 5.38 Å². The minimum Gasteiger partial charge on any atom is -0.383 e. The average Bonchev–Trinajstić information content (AvgIpc) is 2.16. The van der Waals surface area contributed by atoms with E-state index in [1.165, 1.54) is 12.1 Å². The molecule has 0 bridgehead atoms. The summed E-state index contributed by atoms with van der Waals surface area (Å²) in [6.45, 7) is 1.33. The number of rotatable bonds is 6. The first-order valence-corrected chi connectivity index (χ1v) is 5.34.